The Morgan fingerprint density at radius 1 is 1.32 bits per heavy atom. The molecule has 1 amide bonds. The maximum Gasteiger partial charge on any atom is 0.410 e. The quantitative estimate of drug-likeness (QED) is 0.675. The second-order valence-electron chi connectivity index (χ2n) is 7.29. The van der Waals surface area contributed by atoms with Gasteiger partial charge in [-0.3, -0.25) is 0 Å². The van der Waals surface area contributed by atoms with Crippen LogP contribution < -0.4 is 0 Å². The maximum atomic E-state index is 12.3. The molecule has 0 aliphatic carbocycles. The minimum Gasteiger partial charge on any atom is -0.461 e. The summed E-state index contributed by atoms with van der Waals surface area (Å²) in [5.74, 6) is -0.113. The van der Waals surface area contributed by atoms with Gasteiger partial charge in [-0.15, -0.1) is 11.3 Å². The van der Waals surface area contributed by atoms with Crippen molar-refractivity contribution in [1.82, 2.24) is 9.88 Å². The van der Waals surface area contributed by atoms with Crippen LogP contribution in [-0.4, -0.2) is 47.2 Å². The van der Waals surface area contributed by atoms with E-state index in [0.717, 1.165) is 11.4 Å². The van der Waals surface area contributed by atoms with Gasteiger partial charge in [-0.25, -0.2) is 14.6 Å². The minimum absolute atomic E-state index is 0.0322. The maximum absolute atomic E-state index is 12.3. The smallest absolute Gasteiger partial charge is 0.410 e. The van der Waals surface area contributed by atoms with Crippen molar-refractivity contribution in [3.05, 3.63) is 16.1 Å². The molecule has 142 valence electrons. The lowest BCUT2D eigenvalue weighted by atomic mass is 9.98. The van der Waals surface area contributed by atoms with E-state index in [0.29, 0.717) is 18.7 Å². The van der Waals surface area contributed by atoms with Gasteiger partial charge < -0.3 is 14.4 Å². The molecule has 0 aliphatic heterocycles. The van der Waals surface area contributed by atoms with E-state index in [1.165, 1.54) is 11.3 Å². The Morgan fingerprint density at radius 3 is 2.48 bits per heavy atom. The number of esters is 1. The zero-order valence-corrected chi connectivity index (χ0v) is 17.1. The summed E-state index contributed by atoms with van der Waals surface area (Å²) in [6.45, 7) is 11.8. The molecule has 0 saturated heterocycles. The number of aromatic nitrogens is 1. The van der Waals surface area contributed by atoms with Gasteiger partial charge in [-0.2, -0.15) is 0 Å². The summed E-state index contributed by atoms with van der Waals surface area (Å²) in [5, 5.41) is 2.58. The SMILES string of the molecule is CCOC(=O)c1csc(CC[C@@H](C(C)C)N(C)C(=O)OC(C)(C)C)n1. The normalized spacial score (nSPS) is 12.8. The molecule has 0 unspecified atom stereocenters. The second-order valence-corrected chi connectivity index (χ2v) is 8.23. The van der Waals surface area contributed by atoms with E-state index in [-0.39, 0.29) is 18.1 Å². The molecule has 0 radical (unpaired) electrons. The highest BCUT2D eigenvalue weighted by molar-refractivity contribution is 7.09. The molecular formula is C18H30N2O4S. The molecule has 25 heavy (non-hydrogen) atoms. The lowest BCUT2D eigenvalue weighted by molar-refractivity contribution is 0.0170. The highest BCUT2D eigenvalue weighted by atomic mass is 32.1. The average molecular weight is 371 g/mol. The van der Waals surface area contributed by atoms with Crippen LogP contribution in [0.15, 0.2) is 5.38 Å². The third-order valence-electron chi connectivity index (χ3n) is 3.64. The van der Waals surface area contributed by atoms with Gasteiger partial charge in [-0.1, -0.05) is 13.8 Å². The molecule has 0 bridgehead atoms. The average Bonchev–Trinajstić information content (AvgIpc) is 2.94. The lowest BCUT2D eigenvalue weighted by Gasteiger charge is -2.33. The van der Waals surface area contributed by atoms with Crippen LogP contribution in [0.3, 0.4) is 0 Å². The van der Waals surface area contributed by atoms with Gasteiger partial charge in [0.2, 0.25) is 0 Å². The first-order valence-corrected chi connectivity index (χ1v) is 9.50. The van der Waals surface area contributed by atoms with Crippen molar-refractivity contribution in [2.24, 2.45) is 5.92 Å². The van der Waals surface area contributed by atoms with Crippen molar-refractivity contribution in [2.75, 3.05) is 13.7 Å². The fourth-order valence-electron chi connectivity index (χ4n) is 2.44. The molecule has 0 aromatic carbocycles. The minimum atomic E-state index is -0.517. The van der Waals surface area contributed by atoms with Crippen molar-refractivity contribution in [3.63, 3.8) is 0 Å². The standard InChI is InChI=1S/C18H30N2O4S/c1-8-23-16(21)13-11-25-15(19-13)10-9-14(12(2)3)20(7)17(22)24-18(4,5)6/h11-12,14H,8-10H2,1-7H3/t14-/m0/s1. The van der Waals surface area contributed by atoms with Crippen LogP contribution >= 0.6 is 11.3 Å². The molecule has 0 aliphatic rings. The Labute approximate surface area is 154 Å². The van der Waals surface area contributed by atoms with Crippen LogP contribution in [0.1, 0.15) is 63.5 Å². The fraction of sp³-hybridized carbons (Fsp3) is 0.722. The summed E-state index contributed by atoms with van der Waals surface area (Å²) in [6, 6.07) is 0.0322. The fourth-order valence-corrected chi connectivity index (χ4v) is 3.22. The number of aryl methyl sites for hydroxylation is 1. The number of carbonyl (C=O) groups is 2. The van der Waals surface area contributed by atoms with Crippen molar-refractivity contribution >= 4 is 23.4 Å². The molecular weight excluding hydrogens is 340 g/mol. The number of amides is 1. The summed E-state index contributed by atoms with van der Waals surface area (Å²) in [4.78, 5) is 30.0. The highest BCUT2D eigenvalue weighted by Crippen LogP contribution is 2.21. The van der Waals surface area contributed by atoms with Gasteiger partial charge in [0.1, 0.15) is 5.60 Å². The van der Waals surface area contributed by atoms with Crippen LogP contribution in [0.25, 0.3) is 0 Å². The number of ether oxygens (including phenoxy) is 2. The summed E-state index contributed by atoms with van der Waals surface area (Å²) in [6.07, 6.45) is 1.13. The molecule has 0 spiro atoms. The van der Waals surface area contributed by atoms with E-state index in [1.807, 2.05) is 20.8 Å². The van der Waals surface area contributed by atoms with Crippen molar-refractivity contribution in [2.45, 2.75) is 66.0 Å². The molecule has 1 aromatic heterocycles. The second kappa shape index (κ2) is 9.17. The summed E-state index contributed by atoms with van der Waals surface area (Å²) in [7, 11) is 1.77. The lowest BCUT2D eigenvalue weighted by Crippen LogP contribution is -2.43. The number of carbonyl (C=O) groups excluding carboxylic acids is 2. The van der Waals surface area contributed by atoms with E-state index in [1.54, 1.807) is 24.3 Å². The zero-order valence-electron chi connectivity index (χ0n) is 16.3. The molecule has 6 nitrogen and oxygen atoms in total. The Bertz CT molecular complexity index is 578. The van der Waals surface area contributed by atoms with Gasteiger partial charge in [0.05, 0.1) is 11.6 Å². The molecule has 0 N–H and O–H groups in total. The van der Waals surface area contributed by atoms with E-state index < -0.39 is 11.6 Å². The van der Waals surface area contributed by atoms with Gasteiger partial charge in [0.25, 0.3) is 0 Å². The highest BCUT2D eigenvalue weighted by Gasteiger charge is 2.27. The van der Waals surface area contributed by atoms with Crippen LogP contribution in [0, 0.1) is 5.92 Å². The third kappa shape index (κ3) is 7.02. The largest absolute Gasteiger partial charge is 0.461 e. The van der Waals surface area contributed by atoms with Crippen molar-refractivity contribution in [1.29, 1.82) is 0 Å². The monoisotopic (exact) mass is 370 g/mol. The summed E-state index contributed by atoms with van der Waals surface area (Å²) < 4.78 is 10.4. The number of nitrogens with zero attached hydrogens (tertiary/aromatic N) is 2. The molecule has 1 rings (SSSR count). The van der Waals surface area contributed by atoms with Crippen LogP contribution in [0.2, 0.25) is 0 Å². The zero-order chi connectivity index (χ0) is 19.2. The third-order valence-corrected chi connectivity index (χ3v) is 4.55. The topological polar surface area (TPSA) is 68.7 Å². The number of rotatable bonds is 7. The number of hydrogen-bond acceptors (Lipinski definition) is 6. The number of hydrogen-bond donors (Lipinski definition) is 0. The van der Waals surface area contributed by atoms with E-state index in [2.05, 4.69) is 18.8 Å². The summed E-state index contributed by atoms with van der Waals surface area (Å²) in [5.41, 5.74) is -0.167. The number of thiazole rings is 1. The van der Waals surface area contributed by atoms with E-state index in [9.17, 15) is 9.59 Å². The van der Waals surface area contributed by atoms with Gasteiger partial charge >= 0.3 is 12.1 Å². The first-order valence-electron chi connectivity index (χ1n) is 8.62. The predicted octanol–water partition coefficient (Wildman–Crippen LogP) is 4.14. The van der Waals surface area contributed by atoms with Crippen molar-refractivity contribution < 1.29 is 19.1 Å². The first kappa shape index (κ1) is 21.4. The Balaban J connectivity index is 2.70. The molecule has 7 heteroatoms. The Morgan fingerprint density at radius 2 is 1.96 bits per heavy atom. The van der Waals surface area contributed by atoms with Gasteiger partial charge in [-0.05, 0) is 40.0 Å². The molecule has 1 atom stereocenters. The van der Waals surface area contributed by atoms with Crippen molar-refractivity contribution in [3.8, 4) is 0 Å². The van der Waals surface area contributed by atoms with Gasteiger partial charge in [0.15, 0.2) is 5.69 Å². The van der Waals surface area contributed by atoms with Crippen LogP contribution in [-0.2, 0) is 15.9 Å². The predicted molar refractivity (Wildman–Crippen MR) is 99.0 cm³/mol. The van der Waals surface area contributed by atoms with E-state index >= 15 is 0 Å². The van der Waals surface area contributed by atoms with Crippen LogP contribution in [0.5, 0.6) is 0 Å². The molecule has 0 saturated carbocycles. The Hall–Kier alpha value is -1.63. The molecule has 1 heterocycles. The molecule has 1 aromatic rings. The first-order chi connectivity index (χ1) is 11.5. The summed E-state index contributed by atoms with van der Waals surface area (Å²) >= 11 is 1.44. The van der Waals surface area contributed by atoms with Gasteiger partial charge in [0, 0.05) is 24.9 Å². The van der Waals surface area contributed by atoms with E-state index in [4.69, 9.17) is 9.47 Å². The molecule has 0 fully saturated rings. The Kier molecular flexibility index (Phi) is 7.86. The van der Waals surface area contributed by atoms with Crippen LogP contribution in [0.4, 0.5) is 4.79 Å².